The fourth-order valence-electron chi connectivity index (χ4n) is 0.991. The molecule has 1 aliphatic rings. The van der Waals surface area contributed by atoms with Crippen LogP contribution in [0.2, 0.25) is 0 Å². The predicted octanol–water partition coefficient (Wildman–Crippen LogP) is -0.266. The van der Waals surface area contributed by atoms with Crippen molar-refractivity contribution in [3.8, 4) is 0 Å². The van der Waals surface area contributed by atoms with Gasteiger partial charge < -0.3 is 5.11 Å². The average Bonchev–Trinajstić information content (AvgIpc) is 2.86. The van der Waals surface area contributed by atoms with Crippen molar-refractivity contribution >= 4 is 10.2 Å². The molecule has 0 aliphatic heterocycles. The Kier molecular flexibility index (Phi) is 3.52. The van der Waals surface area contributed by atoms with Crippen molar-refractivity contribution in [2.75, 3.05) is 6.61 Å². The van der Waals surface area contributed by atoms with Gasteiger partial charge in [0.15, 0.2) is 0 Å². The van der Waals surface area contributed by atoms with E-state index >= 15 is 0 Å². The summed E-state index contributed by atoms with van der Waals surface area (Å²) in [7, 11) is -3.46. The summed E-state index contributed by atoms with van der Waals surface area (Å²) in [6.07, 6.45) is 2.36. The molecule has 0 aromatic rings. The normalized spacial score (nSPS) is 21.9. The van der Waals surface area contributed by atoms with Crippen molar-refractivity contribution in [1.29, 1.82) is 0 Å². The summed E-state index contributed by atoms with van der Waals surface area (Å²) in [5.74, 6) is 0. The lowest BCUT2D eigenvalue weighted by Gasteiger charge is -2.26. The van der Waals surface area contributed by atoms with Crippen LogP contribution in [0.3, 0.4) is 0 Å². The molecule has 0 spiro atoms. The minimum absolute atomic E-state index is 0.0901. The Morgan fingerprint density at radius 1 is 1.50 bits per heavy atom. The van der Waals surface area contributed by atoms with Gasteiger partial charge in [0.2, 0.25) is 0 Å². The largest absolute Gasteiger partial charge is 0.394 e. The highest BCUT2D eigenvalue weighted by molar-refractivity contribution is 7.87. The van der Waals surface area contributed by atoms with Crippen LogP contribution in [0.4, 0.5) is 0 Å². The van der Waals surface area contributed by atoms with E-state index in [9.17, 15) is 8.42 Å². The van der Waals surface area contributed by atoms with E-state index in [4.69, 9.17) is 5.11 Å². The molecule has 6 heteroatoms. The number of hydrogen-bond donors (Lipinski definition) is 3. The second-order valence-corrected chi connectivity index (χ2v) is 5.52. The molecular formula is C8H18N2O3S. The summed E-state index contributed by atoms with van der Waals surface area (Å²) in [5, 5.41) is 9.04. The molecule has 0 heterocycles. The van der Waals surface area contributed by atoms with Crippen LogP contribution in [0, 0.1) is 0 Å². The van der Waals surface area contributed by atoms with Gasteiger partial charge in [-0.15, -0.1) is 0 Å². The second-order valence-electron chi connectivity index (χ2n) is 4.07. The maximum Gasteiger partial charge on any atom is 0.277 e. The molecule has 0 saturated heterocycles. The Morgan fingerprint density at radius 3 is 2.43 bits per heavy atom. The smallest absolute Gasteiger partial charge is 0.277 e. The highest BCUT2D eigenvalue weighted by Gasteiger charge is 2.32. The standard InChI is InChI=1S/C8H18N2O3S/c1-3-8(2,6-11)10-14(12,13)9-7-4-5-7/h7,9-11H,3-6H2,1-2H3. The number of aliphatic hydroxyl groups excluding tert-OH is 1. The zero-order valence-corrected chi connectivity index (χ0v) is 9.39. The van der Waals surface area contributed by atoms with Crippen molar-refractivity contribution in [3.63, 3.8) is 0 Å². The van der Waals surface area contributed by atoms with Crippen LogP contribution in [0.5, 0.6) is 0 Å². The second kappa shape index (κ2) is 4.14. The van der Waals surface area contributed by atoms with Crippen molar-refractivity contribution < 1.29 is 13.5 Å². The van der Waals surface area contributed by atoms with Crippen molar-refractivity contribution in [3.05, 3.63) is 0 Å². The Labute approximate surface area is 85.1 Å². The van der Waals surface area contributed by atoms with Crippen molar-refractivity contribution in [2.45, 2.75) is 44.7 Å². The number of rotatable bonds is 6. The highest BCUT2D eigenvalue weighted by Crippen LogP contribution is 2.20. The Morgan fingerprint density at radius 2 is 2.07 bits per heavy atom. The van der Waals surface area contributed by atoms with Gasteiger partial charge in [-0.2, -0.15) is 17.9 Å². The Balaban J connectivity index is 2.55. The summed E-state index contributed by atoms with van der Waals surface area (Å²) in [6, 6.07) is 0.0901. The highest BCUT2D eigenvalue weighted by atomic mass is 32.2. The first-order valence-electron chi connectivity index (χ1n) is 4.83. The van der Waals surface area contributed by atoms with Gasteiger partial charge in [0.05, 0.1) is 12.1 Å². The van der Waals surface area contributed by atoms with Gasteiger partial charge in [-0.25, -0.2) is 0 Å². The molecule has 1 rings (SSSR count). The van der Waals surface area contributed by atoms with E-state index in [1.165, 1.54) is 0 Å². The van der Waals surface area contributed by atoms with Crippen LogP contribution in [0.25, 0.3) is 0 Å². The van der Waals surface area contributed by atoms with Crippen molar-refractivity contribution in [2.24, 2.45) is 0 Å². The number of aliphatic hydroxyl groups is 1. The molecule has 1 saturated carbocycles. The molecule has 1 unspecified atom stereocenters. The molecule has 5 nitrogen and oxygen atoms in total. The van der Waals surface area contributed by atoms with Gasteiger partial charge in [0.1, 0.15) is 0 Å². The first-order chi connectivity index (χ1) is 6.41. The molecule has 14 heavy (non-hydrogen) atoms. The van der Waals surface area contributed by atoms with Crippen LogP contribution in [-0.2, 0) is 10.2 Å². The van der Waals surface area contributed by atoms with Gasteiger partial charge in [0, 0.05) is 6.04 Å². The third-order valence-electron chi connectivity index (χ3n) is 2.41. The summed E-state index contributed by atoms with van der Waals surface area (Å²) in [4.78, 5) is 0. The van der Waals surface area contributed by atoms with Crippen LogP contribution in [0.15, 0.2) is 0 Å². The lowest BCUT2D eigenvalue weighted by Crippen LogP contribution is -2.52. The molecule has 0 aromatic carbocycles. The SMILES string of the molecule is CCC(C)(CO)NS(=O)(=O)NC1CC1. The van der Waals surface area contributed by atoms with Gasteiger partial charge in [0.25, 0.3) is 10.2 Å². The number of hydrogen-bond acceptors (Lipinski definition) is 3. The molecule has 0 amide bonds. The Bertz CT molecular complexity index is 281. The third kappa shape index (κ3) is 3.53. The molecule has 0 radical (unpaired) electrons. The van der Waals surface area contributed by atoms with E-state index in [2.05, 4.69) is 9.44 Å². The maximum atomic E-state index is 11.5. The minimum atomic E-state index is -3.46. The van der Waals surface area contributed by atoms with Crippen LogP contribution < -0.4 is 9.44 Å². The van der Waals surface area contributed by atoms with Gasteiger partial charge >= 0.3 is 0 Å². The van der Waals surface area contributed by atoms with Crippen molar-refractivity contribution in [1.82, 2.24) is 9.44 Å². The Hall–Kier alpha value is -0.170. The first kappa shape index (κ1) is 11.9. The van der Waals surface area contributed by atoms with Crippen LogP contribution in [0.1, 0.15) is 33.1 Å². The predicted molar refractivity (Wildman–Crippen MR) is 54.0 cm³/mol. The molecule has 0 aromatic heterocycles. The van der Waals surface area contributed by atoms with E-state index in [0.717, 1.165) is 12.8 Å². The van der Waals surface area contributed by atoms with Gasteiger partial charge in [-0.05, 0) is 26.2 Å². The van der Waals surface area contributed by atoms with Crippen LogP contribution in [-0.4, -0.2) is 31.7 Å². The summed E-state index contributed by atoms with van der Waals surface area (Å²) >= 11 is 0. The summed E-state index contributed by atoms with van der Waals surface area (Å²) in [5.41, 5.74) is -0.763. The molecule has 0 bridgehead atoms. The minimum Gasteiger partial charge on any atom is -0.394 e. The molecule has 1 fully saturated rings. The number of nitrogens with one attached hydrogen (secondary N) is 2. The average molecular weight is 222 g/mol. The first-order valence-corrected chi connectivity index (χ1v) is 6.31. The topological polar surface area (TPSA) is 78.4 Å². The fourth-order valence-corrected chi connectivity index (χ4v) is 2.58. The molecule has 1 aliphatic carbocycles. The summed E-state index contributed by atoms with van der Waals surface area (Å²) in [6.45, 7) is 3.31. The zero-order chi connectivity index (χ0) is 10.8. The van der Waals surface area contributed by atoms with E-state index in [1.807, 2.05) is 6.92 Å². The molecule has 3 N–H and O–H groups in total. The van der Waals surface area contributed by atoms with Gasteiger partial charge in [-0.3, -0.25) is 0 Å². The van der Waals surface area contributed by atoms with E-state index in [1.54, 1.807) is 6.92 Å². The van der Waals surface area contributed by atoms with E-state index < -0.39 is 15.7 Å². The third-order valence-corrected chi connectivity index (χ3v) is 3.81. The quantitative estimate of drug-likeness (QED) is 0.579. The lowest BCUT2D eigenvalue weighted by atomic mass is 10.0. The van der Waals surface area contributed by atoms with Gasteiger partial charge in [-0.1, -0.05) is 6.92 Å². The van der Waals surface area contributed by atoms with E-state index in [0.29, 0.717) is 6.42 Å². The summed E-state index contributed by atoms with van der Waals surface area (Å²) < 4.78 is 27.9. The zero-order valence-electron chi connectivity index (χ0n) is 8.58. The lowest BCUT2D eigenvalue weighted by molar-refractivity contribution is 0.190. The van der Waals surface area contributed by atoms with E-state index in [-0.39, 0.29) is 12.6 Å². The molecular weight excluding hydrogens is 204 g/mol. The molecule has 84 valence electrons. The monoisotopic (exact) mass is 222 g/mol. The fraction of sp³-hybridized carbons (Fsp3) is 1.00. The van der Waals surface area contributed by atoms with Crippen LogP contribution >= 0.6 is 0 Å². The maximum absolute atomic E-state index is 11.5. The molecule has 1 atom stereocenters.